The van der Waals surface area contributed by atoms with Crippen LogP contribution >= 0.6 is 0 Å². The number of carbonyl (C=O) groups excluding carboxylic acids is 2. The van der Waals surface area contributed by atoms with Crippen molar-refractivity contribution in [2.45, 2.75) is 13.3 Å². The fourth-order valence-electron chi connectivity index (χ4n) is 3.05. The third kappa shape index (κ3) is 3.78. The average molecular weight is 390 g/mol. The fraction of sp³-hybridized carbons (Fsp3) is 0.130. The van der Waals surface area contributed by atoms with Crippen LogP contribution in [0.4, 0.5) is 0 Å². The van der Waals surface area contributed by atoms with Crippen LogP contribution in [-0.4, -0.2) is 18.9 Å². The minimum atomic E-state index is -0.408. The first kappa shape index (κ1) is 18.6. The summed E-state index contributed by atoms with van der Waals surface area (Å²) in [7, 11) is 1.59. The van der Waals surface area contributed by atoms with E-state index in [1.807, 2.05) is 12.1 Å². The van der Waals surface area contributed by atoms with Gasteiger partial charge in [0.05, 0.1) is 25.4 Å². The maximum atomic E-state index is 12.5. The Balaban J connectivity index is 1.51. The van der Waals surface area contributed by atoms with Gasteiger partial charge in [-0.05, 0) is 48.9 Å². The Morgan fingerprint density at radius 2 is 1.90 bits per heavy atom. The highest BCUT2D eigenvalue weighted by Crippen LogP contribution is 2.39. The summed E-state index contributed by atoms with van der Waals surface area (Å²) in [6.07, 6.45) is 3.17. The van der Waals surface area contributed by atoms with Gasteiger partial charge in [0, 0.05) is 11.6 Å². The maximum absolute atomic E-state index is 12.5. The second-order valence-electron chi connectivity index (χ2n) is 6.52. The lowest BCUT2D eigenvalue weighted by atomic mass is 10.1. The van der Waals surface area contributed by atoms with Gasteiger partial charge in [0.2, 0.25) is 5.78 Å². The number of rotatable bonds is 5. The molecule has 2 aromatic carbocycles. The summed E-state index contributed by atoms with van der Waals surface area (Å²) in [5.41, 5.74) is 1.82. The molecule has 1 aliphatic heterocycles. The van der Waals surface area contributed by atoms with Crippen molar-refractivity contribution in [3.05, 3.63) is 83.0 Å². The summed E-state index contributed by atoms with van der Waals surface area (Å²) >= 11 is 0. The molecule has 0 fully saturated rings. The molecule has 4 rings (SSSR count). The summed E-state index contributed by atoms with van der Waals surface area (Å²) in [5.74, 6) is 1.50. The predicted octanol–water partition coefficient (Wildman–Crippen LogP) is 4.36. The number of hydrogen-bond donors (Lipinski definition) is 0. The van der Waals surface area contributed by atoms with Crippen LogP contribution in [0.2, 0.25) is 0 Å². The van der Waals surface area contributed by atoms with Crippen LogP contribution in [0.25, 0.3) is 6.08 Å². The van der Waals surface area contributed by atoms with Crippen LogP contribution in [0.3, 0.4) is 0 Å². The molecule has 0 unspecified atom stereocenters. The van der Waals surface area contributed by atoms with E-state index in [0.29, 0.717) is 28.4 Å². The summed E-state index contributed by atoms with van der Waals surface area (Å²) < 4.78 is 21.6. The van der Waals surface area contributed by atoms with Gasteiger partial charge < -0.3 is 18.6 Å². The first-order chi connectivity index (χ1) is 14.0. The SMILES string of the molecule is COc1ccc(CC(=O)Oc2ccc3c(c2C)O/C(=C\c2ccco2)C3=O)cc1. The number of benzene rings is 2. The number of hydrogen-bond acceptors (Lipinski definition) is 6. The number of allylic oxidation sites excluding steroid dienone is 1. The van der Waals surface area contributed by atoms with E-state index in [1.165, 1.54) is 12.3 Å². The van der Waals surface area contributed by atoms with Crippen LogP contribution in [0.5, 0.6) is 17.2 Å². The van der Waals surface area contributed by atoms with E-state index in [0.717, 1.165) is 11.3 Å². The number of Topliss-reactive ketones (excluding diaryl/α,β-unsaturated/α-hetero) is 1. The molecule has 146 valence electrons. The highest BCUT2D eigenvalue weighted by Gasteiger charge is 2.30. The molecule has 3 aromatic rings. The number of methoxy groups -OCH3 is 1. The average Bonchev–Trinajstić information content (AvgIpc) is 3.34. The minimum absolute atomic E-state index is 0.115. The summed E-state index contributed by atoms with van der Waals surface area (Å²) in [6.45, 7) is 1.75. The van der Waals surface area contributed by atoms with Gasteiger partial charge in [-0.3, -0.25) is 9.59 Å². The lowest BCUT2D eigenvalue weighted by Gasteiger charge is -2.10. The van der Waals surface area contributed by atoms with Crippen molar-refractivity contribution in [3.63, 3.8) is 0 Å². The van der Waals surface area contributed by atoms with Crippen molar-refractivity contribution >= 4 is 17.8 Å². The zero-order chi connectivity index (χ0) is 20.4. The molecule has 0 spiro atoms. The second-order valence-corrected chi connectivity index (χ2v) is 6.52. The Morgan fingerprint density at radius 3 is 2.59 bits per heavy atom. The third-order valence-corrected chi connectivity index (χ3v) is 4.58. The van der Waals surface area contributed by atoms with Gasteiger partial charge in [-0.15, -0.1) is 0 Å². The van der Waals surface area contributed by atoms with Gasteiger partial charge in [0.25, 0.3) is 0 Å². The molecule has 6 nitrogen and oxygen atoms in total. The Kier molecular flexibility index (Phi) is 4.91. The molecular formula is C23H18O6. The molecule has 0 bridgehead atoms. The Bertz CT molecular complexity index is 1090. The van der Waals surface area contributed by atoms with E-state index >= 15 is 0 Å². The van der Waals surface area contributed by atoms with E-state index in [2.05, 4.69) is 0 Å². The van der Waals surface area contributed by atoms with Crippen LogP contribution < -0.4 is 14.2 Å². The van der Waals surface area contributed by atoms with E-state index in [4.69, 9.17) is 18.6 Å². The molecule has 1 aromatic heterocycles. The van der Waals surface area contributed by atoms with Crippen molar-refractivity contribution in [1.29, 1.82) is 0 Å². The van der Waals surface area contributed by atoms with Gasteiger partial charge >= 0.3 is 5.97 Å². The monoisotopic (exact) mass is 390 g/mol. The largest absolute Gasteiger partial charge is 0.497 e. The fourth-order valence-corrected chi connectivity index (χ4v) is 3.05. The normalized spacial score (nSPS) is 13.9. The molecular weight excluding hydrogens is 372 g/mol. The molecule has 1 aliphatic rings. The highest BCUT2D eigenvalue weighted by molar-refractivity contribution is 6.14. The predicted molar refractivity (Wildman–Crippen MR) is 105 cm³/mol. The maximum Gasteiger partial charge on any atom is 0.315 e. The molecule has 0 aliphatic carbocycles. The van der Waals surface area contributed by atoms with E-state index in [-0.39, 0.29) is 18.0 Å². The molecule has 2 heterocycles. The zero-order valence-electron chi connectivity index (χ0n) is 15.9. The Morgan fingerprint density at radius 1 is 1.10 bits per heavy atom. The number of furan rings is 1. The van der Waals surface area contributed by atoms with Gasteiger partial charge in [-0.2, -0.15) is 0 Å². The highest BCUT2D eigenvalue weighted by atomic mass is 16.5. The smallest absolute Gasteiger partial charge is 0.315 e. The van der Waals surface area contributed by atoms with Gasteiger partial charge in [0.15, 0.2) is 5.76 Å². The Hall–Kier alpha value is -3.80. The van der Waals surface area contributed by atoms with Crippen LogP contribution in [-0.2, 0) is 11.2 Å². The first-order valence-electron chi connectivity index (χ1n) is 9.00. The van der Waals surface area contributed by atoms with Crippen LogP contribution in [0.1, 0.15) is 27.2 Å². The number of fused-ring (bicyclic) bond motifs is 1. The minimum Gasteiger partial charge on any atom is -0.497 e. The van der Waals surface area contributed by atoms with Crippen LogP contribution in [0.15, 0.2) is 65.0 Å². The lowest BCUT2D eigenvalue weighted by molar-refractivity contribution is -0.133. The van der Waals surface area contributed by atoms with Crippen molar-refractivity contribution in [2.24, 2.45) is 0 Å². The molecule has 0 amide bonds. The van der Waals surface area contributed by atoms with Gasteiger partial charge in [-0.25, -0.2) is 0 Å². The van der Waals surface area contributed by atoms with E-state index in [1.54, 1.807) is 50.4 Å². The molecule has 6 heteroatoms. The second kappa shape index (κ2) is 7.67. The van der Waals surface area contributed by atoms with E-state index < -0.39 is 5.97 Å². The Labute approximate surface area is 167 Å². The first-order valence-corrected chi connectivity index (χ1v) is 9.00. The standard InChI is InChI=1S/C23H18O6/c1-14-19(28-21(24)12-15-5-7-16(26-2)8-6-15)10-9-18-22(25)20(29-23(14)18)13-17-4-3-11-27-17/h3-11,13H,12H2,1-2H3/b20-13-. The number of esters is 1. The molecule has 0 radical (unpaired) electrons. The van der Waals surface area contributed by atoms with Crippen LogP contribution in [0, 0.1) is 6.92 Å². The summed E-state index contributed by atoms with van der Waals surface area (Å²) in [5, 5.41) is 0. The number of carbonyl (C=O) groups is 2. The number of ether oxygens (including phenoxy) is 3. The molecule has 29 heavy (non-hydrogen) atoms. The van der Waals surface area contributed by atoms with Crippen molar-refractivity contribution in [3.8, 4) is 17.2 Å². The van der Waals surface area contributed by atoms with Crippen molar-refractivity contribution in [1.82, 2.24) is 0 Å². The number of ketones is 1. The van der Waals surface area contributed by atoms with Crippen molar-refractivity contribution in [2.75, 3.05) is 7.11 Å². The van der Waals surface area contributed by atoms with Gasteiger partial charge in [0.1, 0.15) is 23.0 Å². The van der Waals surface area contributed by atoms with E-state index in [9.17, 15) is 9.59 Å². The molecule has 0 N–H and O–H groups in total. The summed E-state index contributed by atoms with van der Waals surface area (Å²) in [4.78, 5) is 24.9. The van der Waals surface area contributed by atoms with Crippen molar-refractivity contribution < 1.29 is 28.2 Å². The molecule has 0 atom stereocenters. The lowest BCUT2D eigenvalue weighted by Crippen LogP contribution is -2.12. The topological polar surface area (TPSA) is 75.0 Å². The quantitative estimate of drug-likeness (QED) is 0.366. The zero-order valence-corrected chi connectivity index (χ0v) is 15.9. The summed E-state index contributed by atoms with van der Waals surface area (Å²) in [6, 6.07) is 13.9. The molecule has 0 saturated heterocycles. The third-order valence-electron chi connectivity index (χ3n) is 4.58. The molecule has 0 saturated carbocycles. The van der Waals surface area contributed by atoms with Gasteiger partial charge in [-0.1, -0.05) is 12.1 Å².